The van der Waals surface area contributed by atoms with Crippen LogP contribution in [0.1, 0.15) is 11.1 Å². The molecule has 0 aliphatic carbocycles. The number of nitrogens with two attached hydrogens (primary N) is 1. The molecule has 19 heavy (non-hydrogen) atoms. The fraction of sp³-hybridized carbons (Fsp3) is 0.200. The van der Waals surface area contributed by atoms with Gasteiger partial charge in [0, 0.05) is 3.57 Å². The molecule has 0 aromatic heterocycles. The molecule has 0 atom stereocenters. The molecule has 0 bridgehead atoms. The summed E-state index contributed by atoms with van der Waals surface area (Å²) in [5.74, 6) is 0.895. The molecule has 0 heterocycles. The molecule has 2 rings (SSSR count). The number of halogens is 2. The number of benzene rings is 2. The van der Waals surface area contributed by atoms with Crippen molar-refractivity contribution in [2.24, 2.45) is 5.73 Å². The van der Waals surface area contributed by atoms with Gasteiger partial charge in [-0.1, -0.05) is 24.3 Å². The molecule has 0 saturated carbocycles. The molecule has 0 radical (unpaired) electrons. The van der Waals surface area contributed by atoms with E-state index in [1.54, 1.807) is 0 Å². The minimum absolute atomic E-state index is 0.567. The lowest BCUT2D eigenvalue weighted by Gasteiger charge is -2.13. The van der Waals surface area contributed by atoms with E-state index in [0.717, 1.165) is 27.8 Å². The van der Waals surface area contributed by atoms with E-state index < -0.39 is 0 Å². The second kappa shape index (κ2) is 7.26. The zero-order valence-corrected chi connectivity index (χ0v) is 14.1. The highest BCUT2D eigenvalue weighted by atomic mass is 127. The second-order valence-corrected chi connectivity index (χ2v) is 6.28. The largest absolute Gasteiger partial charge is 0.487 e. The van der Waals surface area contributed by atoms with Crippen LogP contribution in [0.15, 0.2) is 46.9 Å². The van der Waals surface area contributed by atoms with Gasteiger partial charge in [0.2, 0.25) is 0 Å². The van der Waals surface area contributed by atoms with E-state index in [4.69, 9.17) is 10.5 Å². The summed E-state index contributed by atoms with van der Waals surface area (Å²) < 4.78 is 8.15. The summed E-state index contributed by atoms with van der Waals surface area (Å²) in [5, 5.41) is 0. The van der Waals surface area contributed by atoms with Gasteiger partial charge in [-0.05, 0) is 80.8 Å². The smallest absolute Gasteiger partial charge is 0.137 e. The summed E-state index contributed by atoms with van der Waals surface area (Å²) in [6.45, 7) is 1.19. The Balaban J connectivity index is 2.12. The molecule has 2 aromatic carbocycles. The van der Waals surface area contributed by atoms with Crippen molar-refractivity contribution >= 4 is 38.5 Å². The standard InChI is InChI=1S/C15H15BrINO/c16-14-3-1-2-12(8-9-18)15(14)19-10-11-4-6-13(17)7-5-11/h1-7H,8-10,18H2. The lowest BCUT2D eigenvalue weighted by Crippen LogP contribution is -2.06. The average molecular weight is 432 g/mol. The summed E-state index contributed by atoms with van der Waals surface area (Å²) in [4.78, 5) is 0. The maximum absolute atomic E-state index is 5.94. The Kier molecular flexibility index (Phi) is 5.66. The molecule has 0 aliphatic heterocycles. The first-order valence-corrected chi connectivity index (χ1v) is 7.92. The molecule has 0 amide bonds. The van der Waals surface area contributed by atoms with Crippen molar-refractivity contribution < 1.29 is 4.74 Å². The zero-order valence-electron chi connectivity index (χ0n) is 10.4. The quantitative estimate of drug-likeness (QED) is 0.722. The fourth-order valence-electron chi connectivity index (χ4n) is 1.80. The van der Waals surface area contributed by atoms with E-state index >= 15 is 0 Å². The van der Waals surface area contributed by atoms with Gasteiger partial charge in [0.1, 0.15) is 12.4 Å². The molecule has 100 valence electrons. The normalized spacial score (nSPS) is 10.5. The predicted octanol–water partition coefficient (Wildman–Crippen LogP) is 4.13. The van der Waals surface area contributed by atoms with E-state index in [-0.39, 0.29) is 0 Å². The molecule has 0 unspecified atom stereocenters. The molecule has 0 spiro atoms. The van der Waals surface area contributed by atoms with Crippen molar-refractivity contribution in [1.29, 1.82) is 0 Å². The van der Waals surface area contributed by atoms with Crippen molar-refractivity contribution in [1.82, 2.24) is 0 Å². The van der Waals surface area contributed by atoms with Crippen LogP contribution in [0.2, 0.25) is 0 Å². The minimum atomic E-state index is 0.567. The van der Waals surface area contributed by atoms with Crippen LogP contribution in [0.25, 0.3) is 0 Å². The zero-order chi connectivity index (χ0) is 13.7. The van der Waals surface area contributed by atoms with Gasteiger partial charge in [0.15, 0.2) is 0 Å². The Labute approximate surface area is 135 Å². The van der Waals surface area contributed by atoms with Gasteiger partial charge in [-0.25, -0.2) is 0 Å². The van der Waals surface area contributed by atoms with Gasteiger partial charge in [-0.15, -0.1) is 0 Å². The predicted molar refractivity (Wildman–Crippen MR) is 90.4 cm³/mol. The van der Waals surface area contributed by atoms with Crippen molar-refractivity contribution in [2.75, 3.05) is 6.54 Å². The van der Waals surface area contributed by atoms with Gasteiger partial charge in [0.05, 0.1) is 4.47 Å². The Morgan fingerprint density at radius 2 is 1.84 bits per heavy atom. The lowest BCUT2D eigenvalue weighted by atomic mass is 10.1. The van der Waals surface area contributed by atoms with E-state index in [1.807, 2.05) is 12.1 Å². The second-order valence-electron chi connectivity index (χ2n) is 4.18. The molecule has 2 nitrogen and oxygen atoms in total. The molecule has 0 fully saturated rings. The Bertz CT molecular complexity index is 542. The highest BCUT2D eigenvalue weighted by Crippen LogP contribution is 2.30. The van der Waals surface area contributed by atoms with E-state index in [1.165, 1.54) is 3.57 Å². The molecular formula is C15H15BrINO. The van der Waals surface area contributed by atoms with Gasteiger partial charge >= 0.3 is 0 Å². The number of para-hydroxylation sites is 1. The number of rotatable bonds is 5. The van der Waals surface area contributed by atoms with Crippen LogP contribution in [0.4, 0.5) is 0 Å². The maximum atomic E-state index is 5.94. The first kappa shape index (κ1) is 14.8. The van der Waals surface area contributed by atoms with Crippen LogP contribution >= 0.6 is 38.5 Å². The van der Waals surface area contributed by atoms with E-state index in [9.17, 15) is 0 Å². The summed E-state index contributed by atoms with van der Waals surface area (Å²) in [6, 6.07) is 14.4. The summed E-state index contributed by atoms with van der Waals surface area (Å²) in [5.41, 5.74) is 7.93. The van der Waals surface area contributed by atoms with Crippen LogP contribution in [-0.2, 0) is 13.0 Å². The van der Waals surface area contributed by atoms with Gasteiger partial charge in [0.25, 0.3) is 0 Å². The van der Waals surface area contributed by atoms with Crippen LogP contribution in [0.3, 0.4) is 0 Å². The SMILES string of the molecule is NCCc1cccc(Br)c1OCc1ccc(I)cc1. The number of ether oxygens (including phenoxy) is 1. The van der Waals surface area contributed by atoms with Crippen molar-refractivity contribution in [3.05, 3.63) is 61.6 Å². The molecule has 4 heteroatoms. The lowest BCUT2D eigenvalue weighted by molar-refractivity contribution is 0.301. The third kappa shape index (κ3) is 4.19. The highest BCUT2D eigenvalue weighted by molar-refractivity contribution is 14.1. The Morgan fingerprint density at radius 1 is 1.11 bits per heavy atom. The van der Waals surface area contributed by atoms with Gasteiger partial charge in [-0.2, -0.15) is 0 Å². The van der Waals surface area contributed by atoms with Crippen LogP contribution in [-0.4, -0.2) is 6.54 Å². The highest BCUT2D eigenvalue weighted by Gasteiger charge is 2.07. The Hall–Kier alpha value is -0.590. The number of hydrogen-bond acceptors (Lipinski definition) is 2. The van der Waals surface area contributed by atoms with Crippen molar-refractivity contribution in [3.63, 3.8) is 0 Å². The van der Waals surface area contributed by atoms with Crippen molar-refractivity contribution in [2.45, 2.75) is 13.0 Å². The minimum Gasteiger partial charge on any atom is -0.487 e. The van der Waals surface area contributed by atoms with Gasteiger partial charge in [-0.3, -0.25) is 0 Å². The van der Waals surface area contributed by atoms with E-state index in [0.29, 0.717) is 13.2 Å². The third-order valence-corrected chi connectivity index (χ3v) is 4.10. The average Bonchev–Trinajstić information content (AvgIpc) is 2.40. The third-order valence-electron chi connectivity index (χ3n) is 2.76. The molecule has 2 N–H and O–H groups in total. The first-order chi connectivity index (χ1) is 9.20. The maximum Gasteiger partial charge on any atom is 0.137 e. The summed E-state index contributed by atoms with van der Waals surface area (Å²) >= 11 is 5.83. The summed E-state index contributed by atoms with van der Waals surface area (Å²) in [7, 11) is 0. The van der Waals surface area contributed by atoms with Crippen LogP contribution in [0.5, 0.6) is 5.75 Å². The van der Waals surface area contributed by atoms with Crippen LogP contribution in [0, 0.1) is 3.57 Å². The number of hydrogen-bond donors (Lipinski definition) is 1. The first-order valence-electron chi connectivity index (χ1n) is 6.05. The molecule has 0 saturated heterocycles. The van der Waals surface area contributed by atoms with Crippen molar-refractivity contribution in [3.8, 4) is 5.75 Å². The van der Waals surface area contributed by atoms with Gasteiger partial charge < -0.3 is 10.5 Å². The fourth-order valence-corrected chi connectivity index (χ4v) is 2.68. The molecular weight excluding hydrogens is 417 g/mol. The topological polar surface area (TPSA) is 35.2 Å². The Morgan fingerprint density at radius 3 is 2.53 bits per heavy atom. The van der Waals surface area contributed by atoms with Crippen LogP contribution < -0.4 is 10.5 Å². The monoisotopic (exact) mass is 431 g/mol. The molecule has 0 aliphatic rings. The molecule has 2 aromatic rings. The summed E-state index contributed by atoms with van der Waals surface area (Å²) in [6.07, 6.45) is 0.821. The van der Waals surface area contributed by atoms with E-state index in [2.05, 4.69) is 68.9 Å².